The van der Waals surface area contributed by atoms with E-state index in [4.69, 9.17) is 5.73 Å². The SMILES string of the molecule is CN(CC1(CN)CC1)C(=O)c1ccc(Br)cc1. The number of rotatable bonds is 4. The molecule has 0 spiro atoms. The normalized spacial score (nSPS) is 16.6. The van der Waals surface area contributed by atoms with Crippen LogP contribution in [0, 0.1) is 5.41 Å². The number of hydrogen-bond acceptors (Lipinski definition) is 2. The predicted molar refractivity (Wildman–Crippen MR) is 71.8 cm³/mol. The largest absolute Gasteiger partial charge is 0.341 e. The molecule has 1 aliphatic carbocycles. The molecule has 1 aliphatic rings. The van der Waals surface area contributed by atoms with Gasteiger partial charge in [0, 0.05) is 29.0 Å². The fourth-order valence-electron chi connectivity index (χ4n) is 1.99. The molecule has 1 saturated carbocycles. The zero-order valence-corrected chi connectivity index (χ0v) is 11.5. The maximum absolute atomic E-state index is 12.1. The van der Waals surface area contributed by atoms with Crippen molar-refractivity contribution in [3.8, 4) is 0 Å². The number of carbonyl (C=O) groups excluding carboxylic acids is 1. The Balaban J connectivity index is 2.02. The van der Waals surface area contributed by atoms with Crippen molar-refractivity contribution in [2.24, 2.45) is 11.1 Å². The van der Waals surface area contributed by atoms with E-state index >= 15 is 0 Å². The van der Waals surface area contributed by atoms with Gasteiger partial charge < -0.3 is 10.6 Å². The van der Waals surface area contributed by atoms with E-state index in [-0.39, 0.29) is 11.3 Å². The molecule has 2 N–H and O–H groups in total. The average molecular weight is 297 g/mol. The Hall–Kier alpha value is -0.870. The molecule has 0 saturated heterocycles. The molecule has 0 unspecified atom stereocenters. The van der Waals surface area contributed by atoms with Crippen molar-refractivity contribution >= 4 is 21.8 Å². The molecule has 3 nitrogen and oxygen atoms in total. The maximum Gasteiger partial charge on any atom is 0.253 e. The van der Waals surface area contributed by atoms with Crippen LogP contribution in [-0.4, -0.2) is 30.9 Å². The Morgan fingerprint density at radius 2 is 2.00 bits per heavy atom. The lowest BCUT2D eigenvalue weighted by atomic mass is 10.1. The summed E-state index contributed by atoms with van der Waals surface area (Å²) in [4.78, 5) is 13.9. The molecule has 1 aromatic carbocycles. The van der Waals surface area contributed by atoms with Crippen LogP contribution in [0.5, 0.6) is 0 Å². The zero-order valence-electron chi connectivity index (χ0n) is 9.95. The third-order valence-electron chi connectivity index (χ3n) is 3.40. The average Bonchev–Trinajstić information content (AvgIpc) is 3.09. The van der Waals surface area contributed by atoms with Gasteiger partial charge in [-0.25, -0.2) is 0 Å². The molecule has 4 heteroatoms. The maximum atomic E-state index is 12.1. The minimum atomic E-state index is 0.0669. The molecule has 0 aliphatic heterocycles. The van der Waals surface area contributed by atoms with Crippen molar-refractivity contribution in [3.63, 3.8) is 0 Å². The van der Waals surface area contributed by atoms with Gasteiger partial charge in [-0.1, -0.05) is 15.9 Å². The highest BCUT2D eigenvalue weighted by Gasteiger charge is 2.42. The van der Waals surface area contributed by atoms with E-state index < -0.39 is 0 Å². The highest BCUT2D eigenvalue weighted by atomic mass is 79.9. The molecule has 0 bridgehead atoms. The van der Waals surface area contributed by atoms with E-state index in [2.05, 4.69) is 15.9 Å². The fraction of sp³-hybridized carbons (Fsp3) is 0.462. The Kier molecular flexibility index (Phi) is 3.54. The molecule has 1 amide bonds. The third kappa shape index (κ3) is 2.87. The smallest absolute Gasteiger partial charge is 0.253 e. The van der Waals surface area contributed by atoms with Crippen molar-refractivity contribution < 1.29 is 4.79 Å². The molecule has 92 valence electrons. The Bertz CT molecular complexity index is 412. The van der Waals surface area contributed by atoms with E-state index in [0.717, 1.165) is 29.4 Å². The summed E-state index contributed by atoms with van der Waals surface area (Å²) < 4.78 is 0.984. The van der Waals surface area contributed by atoms with Gasteiger partial charge in [0.05, 0.1) is 0 Å². The summed E-state index contributed by atoms with van der Waals surface area (Å²) in [5.74, 6) is 0.0669. The molecule has 1 fully saturated rings. The van der Waals surface area contributed by atoms with Crippen LogP contribution >= 0.6 is 15.9 Å². The van der Waals surface area contributed by atoms with E-state index in [9.17, 15) is 4.79 Å². The molecule has 0 heterocycles. The second-order valence-corrected chi connectivity index (χ2v) is 5.79. The van der Waals surface area contributed by atoms with Crippen LogP contribution in [0.3, 0.4) is 0 Å². The molecule has 1 aromatic rings. The van der Waals surface area contributed by atoms with Gasteiger partial charge in [0.1, 0.15) is 0 Å². The van der Waals surface area contributed by atoms with Gasteiger partial charge in [-0.2, -0.15) is 0 Å². The first-order valence-electron chi connectivity index (χ1n) is 5.77. The number of nitrogens with zero attached hydrogens (tertiary/aromatic N) is 1. The third-order valence-corrected chi connectivity index (χ3v) is 3.93. The van der Waals surface area contributed by atoms with Crippen molar-refractivity contribution in [3.05, 3.63) is 34.3 Å². The first kappa shape index (κ1) is 12.6. The molecular weight excluding hydrogens is 280 g/mol. The summed E-state index contributed by atoms with van der Waals surface area (Å²) in [6.07, 6.45) is 2.28. The fourth-order valence-corrected chi connectivity index (χ4v) is 2.26. The molecule has 0 radical (unpaired) electrons. The summed E-state index contributed by atoms with van der Waals surface area (Å²) >= 11 is 3.36. The summed E-state index contributed by atoms with van der Waals surface area (Å²) in [7, 11) is 1.85. The number of nitrogens with two attached hydrogens (primary N) is 1. The first-order chi connectivity index (χ1) is 8.06. The Morgan fingerprint density at radius 1 is 1.41 bits per heavy atom. The number of halogens is 1. The molecule has 0 aromatic heterocycles. The topological polar surface area (TPSA) is 46.3 Å². The van der Waals surface area contributed by atoms with Crippen LogP contribution in [0.4, 0.5) is 0 Å². The summed E-state index contributed by atoms with van der Waals surface area (Å²) in [5.41, 5.74) is 6.65. The van der Waals surface area contributed by atoms with E-state index in [1.54, 1.807) is 4.90 Å². The van der Waals surface area contributed by atoms with E-state index in [0.29, 0.717) is 6.54 Å². The van der Waals surface area contributed by atoms with Crippen LogP contribution in [0.25, 0.3) is 0 Å². The van der Waals surface area contributed by atoms with Crippen LogP contribution in [-0.2, 0) is 0 Å². The van der Waals surface area contributed by atoms with Gasteiger partial charge in [0.15, 0.2) is 0 Å². The van der Waals surface area contributed by atoms with Crippen LogP contribution in [0.15, 0.2) is 28.7 Å². The van der Waals surface area contributed by atoms with Gasteiger partial charge >= 0.3 is 0 Å². The second-order valence-electron chi connectivity index (χ2n) is 4.87. The lowest BCUT2D eigenvalue weighted by molar-refractivity contribution is 0.0766. The molecule has 2 rings (SSSR count). The lowest BCUT2D eigenvalue weighted by Crippen LogP contribution is -2.35. The van der Waals surface area contributed by atoms with Crippen LogP contribution in [0.2, 0.25) is 0 Å². The van der Waals surface area contributed by atoms with Gasteiger partial charge in [0.2, 0.25) is 0 Å². The highest BCUT2D eigenvalue weighted by Crippen LogP contribution is 2.45. The second kappa shape index (κ2) is 4.78. The minimum Gasteiger partial charge on any atom is -0.341 e. The quantitative estimate of drug-likeness (QED) is 0.926. The van der Waals surface area contributed by atoms with Gasteiger partial charge in [0.25, 0.3) is 5.91 Å². The van der Waals surface area contributed by atoms with Gasteiger partial charge in [-0.15, -0.1) is 0 Å². The van der Waals surface area contributed by atoms with Gasteiger partial charge in [-0.05, 0) is 43.7 Å². The number of amides is 1. The minimum absolute atomic E-state index is 0.0669. The summed E-state index contributed by atoms with van der Waals surface area (Å²) in [5, 5.41) is 0. The summed E-state index contributed by atoms with van der Waals surface area (Å²) in [6, 6.07) is 7.45. The van der Waals surface area contributed by atoms with Crippen molar-refractivity contribution in [1.29, 1.82) is 0 Å². The van der Waals surface area contributed by atoms with E-state index in [1.807, 2.05) is 31.3 Å². The monoisotopic (exact) mass is 296 g/mol. The Labute approximate surface area is 110 Å². The van der Waals surface area contributed by atoms with Crippen LogP contribution in [0.1, 0.15) is 23.2 Å². The number of hydrogen-bond donors (Lipinski definition) is 1. The van der Waals surface area contributed by atoms with E-state index in [1.165, 1.54) is 0 Å². The molecule has 0 atom stereocenters. The van der Waals surface area contributed by atoms with Crippen molar-refractivity contribution in [2.75, 3.05) is 20.1 Å². The number of carbonyl (C=O) groups is 1. The molecule has 17 heavy (non-hydrogen) atoms. The van der Waals surface area contributed by atoms with Gasteiger partial charge in [-0.3, -0.25) is 4.79 Å². The Morgan fingerprint density at radius 3 is 2.47 bits per heavy atom. The lowest BCUT2D eigenvalue weighted by Gasteiger charge is -2.22. The molecular formula is C13H17BrN2O. The van der Waals surface area contributed by atoms with Crippen LogP contribution < -0.4 is 5.73 Å². The zero-order chi connectivity index (χ0) is 12.5. The highest BCUT2D eigenvalue weighted by molar-refractivity contribution is 9.10. The first-order valence-corrected chi connectivity index (χ1v) is 6.57. The number of benzene rings is 1. The summed E-state index contributed by atoms with van der Waals surface area (Å²) in [6.45, 7) is 1.43. The predicted octanol–water partition coefficient (Wildman–Crippen LogP) is 2.26. The van der Waals surface area contributed by atoms with Crippen molar-refractivity contribution in [2.45, 2.75) is 12.8 Å². The van der Waals surface area contributed by atoms with Crippen molar-refractivity contribution in [1.82, 2.24) is 4.90 Å². The standard InChI is InChI=1S/C13H17BrN2O/c1-16(9-13(8-15)6-7-13)12(17)10-2-4-11(14)5-3-10/h2-5H,6-9,15H2,1H3.